The second kappa shape index (κ2) is 6.04. The molecule has 2 aromatic carbocycles. The Bertz CT molecular complexity index is 916. The Balaban J connectivity index is 1.80. The number of aryl methyl sites for hydroxylation is 1. The molecule has 5 nitrogen and oxygen atoms in total. The summed E-state index contributed by atoms with van der Waals surface area (Å²) in [5.41, 5.74) is 14.8. The number of hydrogen-bond acceptors (Lipinski definition) is 4. The first kappa shape index (κ1) is 15.0. The molecule has 0 aliphatic carbocycles. The lowest BCUT2D eigenvalue weighted by atomic mass is 10.2. The number of rotatable bonds is 4. The zero-order valence-corrected chi connectivity index (χ0v) is 13.0. The van der Waals surface area contributed by atoms with E-state index in [9.17, 15) is 4.79 Å². The standard InChI is InChI=1S/C18H19N3O2/c1-12-10-15(4-5-16(12)20)23-9-8-21-17-6-3-14(19)11-13(17)2-7-18(21)22/h2-7,10-11H,8-9,19-20H2,1H3. The molecule has 23 heavy (non-hydrogen) atoms. The molecule has 0 unspecified atom stereocenters. The average molecular weight is 309 g/mol. The SMILES string of the molecule is Cc1cc(OCCn2c(=O)ccc3cc(N)ccc32)ccc1N. The van der Waals surface area contributed by atoms with Gasteiger partial charge in [0.05, 0.1) is 12.1 Å². The van der Waals surface area contributed by atoms with Gasteiger partial charge in [-0.05, 0) is 55.0 Å². The number of ether oxygens (including phenoxy) is 1. The summed E-state index contributed by atoms with van der Waals surface area (Å²) in [6.45, 7) is 2.79. The predicted octanol–water partition coefficient (Wildman–Crippen LogP) is 2.55. The van der Waals surface area contributed by atoms with Crippen molar-refractivity contribution in [1.29, 1.82) is 0 Å². The average Bonchev–Trinajstić information content (AvgIpc) is 2.53. The molecule has 0 atom stereocenters. The Morgan fingerprint density at radius 1 is 1.04 bits per heavy atom. The number of nitrogens with zero attached hydrogens (tertiary/aromatic N) is 1. The van der Waals surface area contributed by atoms with E-state index in [0.29, 0.717) is 18.8 Å². The normalized spacial score (nSPS) is 10.8. The van der Waals surface area contributed by atoms with E-state index in [2.05, 4.69) is 0 Å². The minimum atomic E-state index is -0.0561. The van der Waals surface area contributed by atoms with Crippen LogP contribution in [-0.4, -0.2) is 11.2 Å². The van der Waals surface area contributed by atoms with Crippen molar-refractivity contribution >= 4 is 22.3 Å². The Hall–Kier alpha value is -2.95. The molecule has 0 spiro atoms. The van der Waals surface area contributed by atoms with Crippen LogP contribution in [0.15, 0.2) is 53.3 Å². The van der Waals surface area contributed by atoms with Crippen molar-refractivity contribution in [3.05, 3.63) is 64.4 Å². The molecule has 1 heterocycles. The quantitative estimate of drug-likeness (QED) is 0.726. The molecule has 0 saturated carbocycles. The van der Waals surface area contributed by atoms with Gasteiger partial charge in [0.15, 0.2) is 0 Å². The van der Waals surface area contributed by atoms with Crippen LogP contribution in [0, 0.1) is 6.92 Å². The zero-order valence-electron chi connectivity index (χ0n) is 13.0. The van der Waals surface area contributed by atoms with Gasteiger partial charge in [-0.15, -0.1) is 0 Å². The zero-order chi connectivity index (χ0) is 16.4. The summed E-state index contributed by atoms with van der Waals surface area (Å²) in [7, 11) is 0. The van der Waals surface area contributed by atoms with Crippen molar-refractivity contribution in [2.75, 3.05) is 18.1 Å². The maximum Gasteiger partial charge on any atom is 0.251 e. The summed E-state index contributed by atoms with van der Waals surface area (Å²) in [5.74, 6) is 0.745. The summed E-state index contributed by atoms with van der Waals surface area (Å²) < 4.78 is 7.43. The molecule has 0 aliphatic rings. The van der Waals surface area contributed by atoms with E-state index < -0.39 is 0 Å². The third-order valence-electron chi connectivity index (χ3n) is 3.84. The molecular weight excluding hydrogens is 290 g/mol. The van der Waals surface area contributed by atoms with Crippen LogP contribution in [0.25, 0.3) is 10.9 Å². The highest BCUT2D eigenvalue weighted by molar-refractivity contribution is 5.82. The van der Waals surface area contributed by atoms with Gasteiger partial charge in [-0.3, -0.25) is 4.79 Å². The van der Waals surface area contributed by atoms with Crippen molar-refractivity contribution in [1.82, 2.24) is 4.57 Å². The first-order chi connectivity index (χ1) is 11.0. The van der Waals surface area contributed by atoms with E-state index in [4.69, 9.17) is 16.2 Å². The third-order valence-corrected chi connectivity index (χ3v) is 3.84. The molecule has 0 aliphatic heterocycles. The van der Waals surface area contributed by atoms with Crippen LogP contribution in [0.1, 0.15) is 5.56 Å². The van der Waals surface area contributed by atoms with E-state index >= 15 is 0 Å². The predicted molar refractivity (Wildman–Crippen MR) is 93.7 cm³/mol. The number of anilines is 2. The van der Waals surface area contributed by atoms with Gasteiger partial charge in [-0.1, -0.05) is 0 Å². The van der Waals surface area contributed by atoms with Crippen LogP contribution < -0.4 is 21.8 Å². The number of aromatic nitrogens is 1. The highest BCUT2D eigenvalue weighted by Crippen LogP contribution is 2.19. The summed E-state index contributed by atoms with van der Waals surface area (Å²) in [4.78, 5) is 12.1. The van der Waals surface area contributed by atoms with Gasteiger partial charge >= 0.3 is 0 Å². The first-order valence-electron chi connectivity index (χ1n) is 7.42. The lowest BCUT2D eigenvalue weighted by molar-refractivity contribution is 0.298. The van der Waals surface area contributed by atoms with Gasteiger partial charge in [0.25, 0.3) is 5.56 Å². The van der Waals surface area contributed by atoms with Crippen LogP contribution >= 0.6 is 0 Å². The van der Waals surface area contributed by atoms with Crippen molar-refractivity contribution in [2.45, 2.75) is 13.5 Å². The fraction of sp³-hybridized carbons (Fsp3) is 0.167. The second-order valence-corrected chi connectivity index (χ2v) is 5.51. The molecule has 3 rings (SSSR count). The minimum Gasteiger partial charge on any atom is -0.492 e. The smallest absolute Gasteiger partial charge is 0.251 e. The highest BCUT2D eigenvalue weighted by atomic mass is 16.5. The van der Waals surface area contributed by atoms with E-state index in [1.807, 2.05) is 37.3 Å². The molecule has 1 aromatic heterocycles. The molecule has 0 radical (unpaired) electrons. The molecule has 0 amide bonds. The van der Waals surface area contributed by atoms with Gasteiger partial charge in [-0.2, -0.15) is 0 Å². The van der Waals surface area contributed by atoms with Crippen LogP contribution in [0.2, 0.25) is 0 Å². The Labute approximate surface area is 134 Å². The van der Waals surface area contributed by atoms with E-state index in [1.54, 1.807) is 22.8 Å². The third kappa shape index (κ3) is 3.13. The molecular formula is C18H19N3O2. The van der Waals surface area contributed by atoms with Gasteiger partial charge in [0.1, 0.15) is 12.4 Å². The summed E-state index contributed by atoms with van der Waals surface area (Å²) in [5, 5.41) is 0.938. The van der Waals surface area contributed by atoms with Crippen LogP contribution in [0.5, 0.6) is 5.75 Å². The van der Waals surface area contributed by atoms with Gasteiger partial charge < -0.3 is 20.8 Å². The fourth-order valence-electron chi connectivity index (χ4n) is 2.55. The Morgan fingerprint density at radius 2 is 1.87 bits per heavy atom. The Morgan fingerprint density at radius 3 is 2.65 bits per heavy atom. The number of benzene rings is 2. The molecule has 3 aromatic rings. The number of nitrogens with two attached hydrogens (primary N) is 2. The van der Waals surface area contributed by atoms with Gasteiger partial charge in [-0.25, -0.2) is 0 Å². The largest absolute Gasteiger partial charge is 0.492 e. The first-order valence-corrected chi connectivity index (χ1v) is 7.42. The summed E-state index contributed by atoms with van der Waals surface area (Å²) in [6, 6.07) is 14.4. The van der Waals surface area contributed by atoms with Crippen molar-refractivity contribution in [2.24, 2.45) is 0 Å². The van der Waals surface area contributed by atoms with E-state index in [0.717, 1.165) is 27.9 Å². The highest BCUT2D eigenvalue weighted by Gasteiger charge is 2.04. The van der Waals surface area contributed by atoms with Gasteiger partial charge in [0, 0.05) is 22.8 Å². The molecule has 118 valence electrons. The minimum absolute atomic E-state index is 0.0561. The van der Waals surface area contributed by atoms with Crippen molar-refractivity contribution < 1.29 is 4.74 Å². The van der Waals surface area contributed by atoms with Crippen molar-refractivity contribution in [3.8, 4) is 5.75 Å². The van der Waals surface area contributed by atoms with E-state index in [-0.39, 0.29) is 5.56 Å². The van der Waals surface area contributed by atoms with Crippen molar-refractivity contribution in [3.63, 3.8) is 0 Å². The second-order valence-electron chi connectivity index (χ2n) is 5.51. The number of hydrogen-bond donors (Lipinski definition) is 2. The molecule has 4 N–H and O–H groups in total. The lowest BCUT2D eigenvalue weighted by Crippen LogP contribution is -2.22. The Kier molecular flexibility index (Phi) is 3.93. The number of fused-ring (bicyclic) bond motifs is 1. The molecule has 0 bridgehead atoms. The molecule has 5 heteroatoms. The molecule has 0 fully saturated rings. The maximum absolute atomic E-state index is 12.1. The summed E-state index contributed by atoms with van der Waals surface area (Å²) >= 11 is 0. The number of nitrogen functional groups attached to an aromatic ring is 2. The fourth-order valence-corrected chi connectivity index (χ4v) is 2.55. The topological polar surface area (TPSA) is 83.3 Å². The number of pyridine rings is 1. The summed E-state index contributed by atoms with van der Waals surface area (Å²) in [6.07, 6.45) is 0. The monoisotopic (exact) mass is 309 g/mol. The van der Waals surface area contributed by atoms with Gasteiger partial charge in [0.2, 0.25) is 0 Å². The maximum atomic E-state index is 12.1. The van der Waals surface area contributed by atoms with Crippen LogP contribution in [-0.2, 0) is 6.54 Å². The lowest BCUT2D eigenvalue weighted by Gasteiger charge is -2.12. The van der Waals surface area contributed by atoms with Crippen LogP contribution in [0.3, 0.4) is 0 Å². The van der Waals surface area contributed by atoms with Crippen LogP contribution in [0.4, 0.5) is 11.4 Å². The van der Waals surface area contributed by atoms with E-state index in [1.165, 1.54) is 0 Å². The molecule has 0 saturated heterocycles.